The van der Waals surface area contributed by atoms with Gasteiger partial charge in [0, 0.05) is 42.9 Å². The molecule has 1 aliphatic rings. The average Bonchev–Trinajstić information content (AvgIpc) is 2.92. The summed E-state index contributed by atoms with van der Waals surface area (Å²) >= 11 is 0. The highest BCUT2D eigenvalue weighted by atomic mass is 19.4. The number of benzene rings is 3. The number of amides is 1. The Balaban J connectivity index is 1.25. The molecule has 1 aliphatic heterocycles. The van der Waals surface area contributed by atoms with Crippen LogP contribution < -0.4 is 19.9 Å². The van der Waals surface area contributed by atoms with Crippen molar-refractivity contribution in [1.29, 1.82) is 0 Å². The summed E-state index contributed by atoms with van der Waals surface area (Å²) < 4.78 is 44.6. The molecule has 0 saturated carbocycles. The van der Waals surface area contributed by atoms with Crippen LogP contribution in [0.1, 0.15) is 5.56 Å². The topological polar surface area (TPSA) is 57.7 Å². The zero-order valence-corrected chi connectivity index (χ0v) is 19.9. The second kappa shape index (κ2) is 10.4. The number of alkyl halides is 3. The van der Waals surface area contributed by atoms with Crippen molar-refractivity contribution in [2.45, 2.75) is 6.18 Å². The average molecular weight is 507 g/mol. The largest absolute Gasteiger partial charge is 0.481 e. The molecule has 1 fully saturated rings. The van der Waals surface area contributed by atoms with E-state index in [-0.39, 0.29) is 12.3 Å². The number of ether oxygens (including phenoxy) is 1. The van der Waals surface area contributed by atoms with Crippen LogP contribution >= 0.6 is 0 Å². The van der Waals surface area contributed by atoms with E-state index in [0.717, 1.165) is 49.5 Å². The van der Waals surface area contributed by atoms with Crippen molar-refractivity contribution in [3.05, 3.63) is 90.5 Å². The second-order valence-electron chi connectivity index (χ2n) is 8.72. The summed E-state index contributed by atoms with van der Waals surface area (Å²) in [5.74, 6) is 0.690. The molecule has 0 unspecified atom stereocenters. The number of pyridine rings is 1. The summed E-state index contributed by atoms with van der Waals surface area (Å²) in [6.45, 7) is 3.01. The number of rotatable bonds is 6. The Hall–Kier alpha value is -4.27. The fraction of sp³-hybridized carbons (Fsp3) is 0.214. The molecule has 2 heterocycles. The monoisotopic (exact) mass is 506 g/mol. The third kappa shape index (κ3) is 5.77. The number of nitrogens with zero attached hydrogens (tertiary/aromatic N) is 3. The van der Waals surface area contributed by atoms with Gasteiger partial charge in [0.25, 0.3) is 5.91 Å². The number of hydrogen-bond acceptors (Lipinski definition) is 5. The number of anilines is 3. The van der Waals surface area contributed by atoms with E-state index >= 15 is 0 Å². The first-order valence-corrected chi connectivity index (χ1v) is 11.9. The molecule has 5 rings (SSSR count). The second-order valence-corrected chi connectivity index (χ2v) is 8.72. The van der Waals surface area contributed by atoms with E-state index in [4.69, 9.17) is 9.72 Å². The van der Waals surface area contributed by atoms with E-state index in [1.54, 1.807) is 6.07 Å². The lowest BCUT2D eigenvalue weighted by molar-refractivity contribution is -0.137. The number of fused-ring (bicyclic) bond motifs is 1. The highest BCUT2D eigenvalue weighted by molar-refractivity contribution is 5.92. The minimum absolute atomic E-state index is 0.0522. The number of para-hydroxylation sites is 2. The molecule has 0 spiro atoms. The van der Waals surface area contributed by atoms with Gasteiger partial charge in [-0.1, -0.05) is 36.4 Å². The highest BCUT2D eigenvalue weighted by Crippen LogP contribution is 2.31. The maximum absolute atomic E-state index is 12.9. The Labute approximate surface area is 212 Å². The van der Waals surface area contributed by atoms with Crippen LogP contribution in [0.3, 0.4) is 0 Å². The molecule has 1 amide bonds. The van der Waals surface area contributed by atoms with Crippen molar-refractivity contribution in [1.82, 2.24) is 4.98 Å². The van der Waals surface area contributed by atoms with Gasteiger partial charge < -0.3 is 19.9 Å². The Morgan fingerprint density at radius 3 is 2.35 bits per heavy atom. The van der Waals surface area contributed by atoms with Gasteiger partial charge in [-0.05, 0) is 48.5 Å². The number of piperazine rings is 1. The zero-order valence-electron chi connectivity index (χ0n) is 19.9. The Kier molecular flexibility index (Phi) is 6.85. The van der Waals surface area contributed by atoms with Crippen LogP contribution in [-0.4, -0.2) is 43.7 Å². The molecular formula is C28H25F3N4O2. The molecule has 190 valence electrons. The normalized spacial score (nSPS) is 14.0. The first-order chi connectivity index (χ1) is 17.9. The van der Waals surface area contributed by atoms with Crippen molar-refractivity contribution in [2.24, 2.45) is 0 Å². The van der Waals surface area contributed by atoms with Crippen LogP contribution in [0.4, 0.5) is 30.4 Å². The van der Waals surface area contributed by atoms with E-state index < -0.39 is 17.6 Å². The smallest absolute Gasteiger partial charge is 0.416 e. The molecule has 1 saturated heterocycles. The highest BCUT2D eigenvalue weighted by Gasteiger charge is 2.30. The number of carbonyl (C=O) groups excluding carboxylic acids is 1. The molecule has 0 atom stereocenters. The Morgan fingerprint density at radius 1 is 0.865 bits per heavy atom. The molecule has 0 aliphatic carbocycles. The molecule has 9 heteroatoms. The van der Waals surface area contributed by atoms with E-state index in [9.17, 15) is 18.0 Å². The molecule has 0 radical (unpaired) electrons. The van der Waals surface area contributed by atoms with Gasteiger partial charge in [-0.2, -0.15) is 13.2 Å². The maximum Gasteiger partial charge on any atom is 0.416 e. The van der Waals surface area contributed by atoms with E-state index in [1.165, 1.54) is 17.8 Å². The molecule has 1 N–H and O–H groups in total. The molecule has 3 aromatic carbocycles. The van der Waals surface area contributed by atoms with Crippen LogP contribution in [-0.2, 0) is 11.0 Å². The third-order valence-electron chi connectivity index (χ3n) is 6.23. The van der Waals surface area contributed by atoms with Crippen LogP contribution in [0, 0.1) is 0 Å². The molecule has 4 aromatic rings. The Morgan fingerprint density at radius 2 is 1.59 bits per heavy atom. The summed E-state index contributed by atoms with van der Waals surface area (Å²) in [5, 5.41) is 3.32. The minimum atomic E-state index is -4.49. The predicted molar refractivity (Wildman–Crippen MR) is 138 cm³/mol. The third-order valence-corrected chi connectivity index (χ3v) is 6.23. The van der Waals surface area contributed by atoms with Crippen LogP contribution in [0.25, 0.3) is 10.9 Å². The van der Waals surface area contributed by atoms with Gasteiger partial charge in [-0.3, -0.25) is 4.79 Å². The minimum Gasteiger partial charge on any atom is -0.481 e. The van der Waals surface area contributed by atoms with Gasteiger partial charge in [0.1, 0.15) is 17.1 Å². The summed E-state index contributed by atoms with van der Waals surface area (Å²) in [4.78, 5) is 21.8. The molecule has 6 nitrogen and oxygen atoms in total. The first kappa shape index (κ1) is 24.4. The fourth-order valence-electron chi connectivity index (χ4n) is 4.35. The summed E-state index contributed by atoms with van der Waals surface area (Å²) in [6.07, 6.45) is -4.49. The van der Waals surface area contributed by atoms with Gasteiger partial charge in [0.05, 0.1) is 5.56 Å². The van der Waals surface area contributed by atoms with Crippen molar-refractivity contribution in [2.75, 3.05) is 47.9 Å². The number of aromatic nitrogens is 1. The SMILES string of the molecule is O=C(COc1cccc2ccc(N3CCN(c4ccccc4)CC3)nc12)Nc1cccc(C(F)(F)F)c1. The number of nitrogens with one attached hydrogen (secondary N) is 1. The predicted octanol–water partition coefficient (Wildman–Crippen LogP) is 5.60. The van der Waals surface area contributed by atoms with Gasteiger partial charge in [0.15, 0.2) is 6.61 Å². The summed E-state index contributed by atoms with van der Waals surface area (Å²) in [7, 11) is 0. The van der Waals surface area contributed by atoms with Gasteiger partial charge in [-0.15, -0.1) is 0 Å². The van der Waals surface area contributed by atoms with Gasteiger partial charge in [0.2, 0.25) is 0 Å². The van der Waals surface area contributed by atoms with Crippen molar-refractivity contribution >= 4 is 34.0 Å². The van der Waals surface area contributed by atoms with Gasteiger partial charge in [-0.25, -0.2) is 4.98 Å². The lowest BCUT2D eigenvalue weighted by atomic mass is 10.2. The quantitative estimate of drug-likeness (QED) is 0.369. The first-order valence-electron chi connectivity index (χ1n) is 11.9. The standard InChI is InChI=1S/C28H25F3N4O2/c29-28(30,31)21-7-5-8-22(18-21)32-26(36)19-37-24-11-4-6-20-12-13-25(33-27(20)24)35-16-14-34(15-17-35)23-9-2-1-3-10-23/h1-13,18H,14-17,19H2,(H,32,36). The number of halogens is 3. The molecule has 37 heavy (non-hydrogen) atoms. The number of carbonyl (C=O) groups is 1. The lowest BCUT2D eigenvalue weighted by Crippen LogP contribution is -2.46. The Bertz CT molecular complexity index is 1390. The fourth-order valence-corrected chi connectivity index (χ4v) is 4.35. The number of hydrogen-bond donors (Lipinski definition) is 1. The van der Waals surface area contributed by atoms with Crippen molar-refractivity contribution in [3.63, 3.8) is 0 Å². The van der Waals surface area contributed by atoms with Crippen molar-refractivity contribution in [3.8, 4) is 5.75 Å². The maximum atomic E-state index is 12.9. The lowest BCUT2D eigenvalue weighted by Gasteiger charge is -2.36. The van der Waals surface area contributed by atoms with E-state index in [1.807, 2.05) is 42.5 Å². The van der Waals surface area contributed by atoms with Crippen molar-refractivity contribution < 1.29 is 22.7 Å². The van der Waals surface area contributed by atoms with Crippen LogP contribution in [0.2, 0.25) is 0 Å². The van der Waals surface area contributed by atoms with E-state index in [0.29, 0.717) is 11.3 Å². The molecule has 1 aromatic heterocycles. The zero-order chi connectivity index (χ0) is 25.8. The summed E-state index contributed by atoms with van der Waals surface area (Å²) in [5.41, 5.74) is 1.04. The van der Waals surface area contributed by atoms with Crippen LogP contribution in [0.5, 0.6) is 5.75 Å². The molecule has 0 bridgehead atoms. The van der Waals surface area contributed by atoms with Crippen LogP contribution in [0.15, 0.2) is 84.9 Å². The summed E-state index contributed by atoms with van der Waals surface area (Å²) in [6, 6.07) is 24.2. The van der Waals surface area contributed by atoms with Gasteiger partial charge >= 0.3 is 6.18 Å². The molecular weight excluding hydrogens is 481 g/mol. The van der Waals surface area contributed by atoms with E-state index in [2.05, 4.69) is 27.2 Å².